The van der Waals surface area contributed by atoms with Gasteiger partial charge in [0.25, 0.3) is 5.91 Å². The molecule has 4 aromatic rings. The average molecular weight is 399 g/mol. The maximum atomic E-state index is 13.5. The van der Waals surface area contributed by atoms with E-state index >= 15 is 0 Å². The summed E-state index contributed by atoms with van der Waals surface area (Å²) in [5.74, 6) is 1.39. The number of hydrogen-bond acceptors (Lipinski definition) is 4. The first-order chi connectivity index (χ1) is 14.8. The monoisotopic (exact) mass is 399 g/mol. The molecule has 5 rings (SSSR count). The number of fused-ring (bicyclic) bond motifs is 2. The molecule has 0 N–H and O–H groups in total. The van der Waals surface area contributed by atoms with Crippen molar-refractivity contribution in [1.82, 2.24) is 14.9 Å². The van der Waals surface area contributed by atoms with Crippen LogP contribution in [0.1, 0.15) is 48.2 Å². The molecule has 5 nitrogen and oxygen atoms in total. The highest BCUT2D eigenvalue weighted by atomic mass is 16.3. The van der Waals surface area contributed by atoms with Crippen molar-refractivity contribution >= 4 is 27.9 Å². The topological polar surface area (TPSA) is 59.2 Å². The van der Waals surface area contributed by atoms with Gasteiger partial charge in [-0.1, -0.05) is 37.5 Å². The van der Waals surface area contributed by atoms with Gasteiger partial charge in [0, 0.05) is 29.9 Å². The van der Waals surface area contributed by atoms with E-state index in [0.717, 1.165) is 34.3 Å². The molecule has 2 aromatic carbocycles. The molecule has 0 unspecified atom stereocenters. The fourth-order valence-corrected chi connectivity index (χ4v) is 4.48. The molecule has 1 fully saturated rings. The standard InChI is InChI=1S/C25H25N3O2/c29-25(20-10-11-22-23(15-20)27-13-12-26-22)28(16-18-6-2-1-3-7-18)17-21-14-19-8-4-5-9-24(19)30-21/h4-5,8-15,18H,1-3,6-7,16-17H2. The lowest BCUT2D eigenvalue weighted by Crippen LogP contribution is -2.35. The van der Waals surface area contributed by atoms with E-state index in [2.05, 4.69) is 9.97 Å². The third-order valence-corrected chi connectivity index (χ3v) is 6.03. The number of aromatic nitrogens is 2. The molecule has 2 heterocycles. The molecule has 0 radical (unpaired) electrons. The Bertz CT molecular complexity index is 1140. The van der Waals surface area contributed by atoms with Gasteiger partial charge < -0.3 is 9.32 Å². The van der Waals surface area contributed by atoms with Crippen LogP contribution in [0.15, 0.2) is 65.3 Å². The number of carbonyl (C=O) groups excluding carboxylic acids is 1. The molecule has 1 saturated carbocycles. The van der Waals surface area contributed by atoms with Crippen LogP contribution >= 0.6 is 0 Å². The quantitative estimate of drug-likeness (QED) is 0.438. The second kappa shape index (κ2) is 8.27. The van der Waals surface area contributed by atoms with E-state index in [4.69, 9.17) is 4.42 Å². The fraction of sp³-hybridized carbons (Fsp3) is 0.320. The minimum atomic E-state index is 0.0218. The lowest BCUT2D eigenvalue weighted by atomic mass is 9.89. The van der Waals surface area contributed by atoms with Crippen molar-refractivity contribution in [1.29, 1.82) is 0 Å². The van der Waals surface area contributed by atoms with Crippen LogP contribution in [0.4, 0.5) is 0 Å². The molecule has 1 aliphatic rings. The van der Waals surface area contributed by atoms with E-state index < -0.39 is 0 Å². The Morgan fingerprint density at radius 3 is 2.60 bits per heavy atom. The summed E-state index contributed by atoms with van der Waals surface area (Å²) < 4.78 is 6.03. The van der Waals surface area contributed by atoms with E-state index in [1.807, 2.05) is 53.4 Å². The number of furan rings is 1. The molecule has 0 aliphatic heterocycles. The molecular formula is C25H25N3O2. The molecule has 30 heavy (non-hydrogen) atoms. The molecular weight excluding hydrogens is 374 g/mol. The number of rotatable bonds is 5. The summed E-state index contributed by atoms with van der Waals surface area (Å²) in [4.78, 5) is 24.1. The second-order valence-corrected chi connectivity index (χ2v) is 8.20. The van der Waals surface area contributed by atoms with Crippen LogP contribution in [0.5, 0.6) is 0 Å². The van der Waals surface area contributed by atoms with E-state index in [-0.39, 0.29) is 5.91 Å². The fourth-order valence-electron chi connectivity index (χ4n) is 4.48. The van der Waals surface area contributed by atoms with E-state index in [0.29, 0.717) is 18.0 Å². The first-order valence-electron chi connectivity index (χ1n) is 10.7. The maximum absolute atomic E-state index is 13.5. The van der Waals surface area contributed by atoms with Gasteiger partial charge in [-0.2, -0.15) is 0 Å². The van der Waals surface area contributed by atoms with Crippen LogP contribution in [-0.4, -0.2) is 27.3 Å². The van der Waals surface area contributed by atoms with Crippen LogP contribution in [0.3, 0.4) is 0 Å². The number of nitrogens with zero attached hydrogens (tertiary/aromatic N) is 3. The van der Waals surface area contributed by atoms with Crippen molar-refractivity contribution in [3.05, 3.63) is 72.2 Å². The lowest BCUT2D eigenvalue weighted by molar-refractivity contribution is 0.0686. The van der Waals surface area contributed by atoms with Crippen molar-refractivity contribution in [3.63, 3.8) is 0 Å². The second-order valence-electron chi connectivity index (χ2n) is 8.20. The zero-order valence-corrected chi connectivity index (χ0v) is 17.0. The van der Waals surface area contributed by atoms with Crippen LogP contribution < -0.4 is 0 Å². The van der Waals surface area contributed by atoms with Crippen molar-refractivity contribution in [3.8, 4) is 0 Å². The number of carbonyl (C=O) groups is 1. The van der Waals surface area contributed by atoms with Crippen LogP contribution in [-0.2, 0) is 6.54 Å². The highest BCUT2D eigenvalue weighted by molar-refractivity contribution is 5.97. The molecule has 2 aromatic heterocycles. The molecule has 5 heteroatoms. The van der Waals surface area contributed by atoms with Gasteiger partial charge in [0.1, 0.15) is 11.3 Å². The zero-order chi connectivity index (χ0) is 20.3. The number of para-hydroxylation sites is 1. The summed E-state index contributed by atoms with van der Waals surface area (Å²) in [7, 11) is 0. The van der Waals surface area contributed by atoms with Crippen LogP contribution in [0, 0.1) is 5.92 Å². The zero-order valence-electron chi connectivity index (χ0n) is 17.0. The maximum Gasteiger partial charge on any atom is 0.254 e. The highest BCUT2D eigenvalue weighted by Crippen LogP contribution is 2.27. The van der Waals surface area contributed by atoms with Crippen molar-refractivity contribution in [2.24, 2.45) is 5.92 Å². The van der Waals surface area contributed by atoms with Crippen LogP contribution in [0.2, 0.25) is 0 Å². The molecule has 0 atom stereocenters. The number of amides is 1. The smallest absolute Gasteiger partial charge is 0.254 e. The van der Waals surface area contributed by atoms with E-state index in [9.17, 15) is 4.79 Å². The molecule has 0 spiro atoms. The van der Waals surface area contributed by atoms with E-state index in [1.165, 1.54) is 32.1 Å². The summed E-state index contributed by atoms with van der Waals surface area (Å²) in [5, 5.41) is 1.07. The Hall–Kier alpha value is -3.21. The van der Waals surface area contributed by atoms with Gasteiger partial charge in [0.15, 0.2) is 0 Å². The molecule has 1 aliphatic carbocycles. The summed E-state index contributed by atoms with van der Waals surface area (Å²) in [6.45, 7) is 1.23. The third-order valence-electron chi connectivity index (χ3n) is 6.03. The normalized spacial score (nSPS) is 14.9. The minimum Gasteiger partial charge on any atom is -0.459 e. The van der Waals surface area contributed by atoms with Gasteiger partial charge in [-0.15, -0.1) is 0 Å². The Kier molecular flexibility index (Phi) is 5.18. The van der Waals surface area contributed by atoms with Gasteiger partial charge in [-0.05, 0) is 49.1 Å². The Balaban J connectivity index is 1.44. The first kappa shape index (κ1) is 18.8. The van der Waals surface area contributed by atoms with Gasteiger partial charge in [-0.25, -0.2) is 0 Å². The predicted octanol–water partition coefficient (Wildman–Crippen LogP) is 5.60. The number of hydrogen-bond donors (Lipinski definition) is 0. The van der Waals surface area contributed by atoms with Gasteiger partial charge in [0.2, 0.25) is 0 Å². The first-order valence-corrected chi connectivity index (χ1v) is 10.7. The highest BCUT2D eigenvalue weighted by Gasteiger charge is 2.23. The van der Waals surface area contributed by atoms with Gasteiger partial charge in [0.05, 0.1) is 17.6 Å². The third kappa shape index (κ3) is 3.92. The minimum absolute atomic E-state index is 0.0218. The molecule has 0 saturated heterocycles. The molecule has 0 bridgehead atoms. The van der Waals surface area contributed by atoms with E-state index in [1.54, 1.807) is 12.4 Å². The average Bonchev–Trinajstić information content (AvgIpc) is 3.21. The van der Waals surface area contributed by atoms with Gasteiger partial charge >= 0.3 is 0 Å². The summed E-state index contributed by atoms with van der Waals surface area (Å²) in [6.07, 6.45) is 9.51. The van der Waals surface area contributed by atoms with Gasteiger partial charge in [-0.3, -0.25) is 14.8 Å². The number of benzene rings is 2. The summed E-state index contributed by atoms with van der Waals surface area (Å²) in [5.41, 5.74) is 3.04. The Morgan fingerprint density at radius 1 is 0.967 bits per heavy atom. The predicted molar refractivity (Wildman–Crippen MR) is 117 cm³/mol. The Morgan fingerprint density at radius 2 is 1.77 bits per heavy atom. The largest absolute Gasteiger partial charge is 0.459 e. The van der Waals surface area contributed by atoms with Crippen molar-refractivity contribution in [2.45, 2.75) is 38.6 Å². The van der Waals surface area contributed by atoms with Crippen LogP contribution in [0.25, 0.3) is 22.0 Å². The SMILES string of the molecule is O=C(c1ccc2nccnc2c1)N(Cc1cc2ccccc2o1)CC1CCCCC1. The lowest BCUT2D eigenvalue weighted by Gasteiger charge is -2.29. The summed E-state index contributed by atoms with van der Waals surface area (Å²) in [6, 6.07) is 15.6. The Labute approximate surface area is 175 Å². The van der Waals surface area contributed by atoms with Crippen molar-refractivity contribution in [2.75, 3.05) is 6.54 Å². The van der Waals surface area contributed by atoms with Crippen molar-refractivity contribution < 1.29 is 9.21 Å². The molecule has 1 amide bonds. The molecule has 152 valence electrons. The summed E-state index contributed by atoms with van der Waals surface area (Å²) >= 11 is 0.